The Balaban J connectivity index is 0.00000320. The van der Waals surface area contributed by atoms with Crippen LogP contribution in [0.5, 0.6) is 0 Å². The Morgan fingerprint density at radius 1 is 0.946 bits per heavy atom. The van der Waals surface area contributed by atoms with Crippen molar-refractivity contribution in [3.8, 4) is 11.3 Å². The summed E-state index contributed by atoms with van der Waals surface area (Å²) in [6.07, 6.45) is 0. The van der Waals surface area contributed by atoms with Crippen LogP contribution in [0.1, 0.15) is 41.4 Å². The number of carbonyl (C=O) groups is 2. The second-order valence-corrected chi connectivity index (χ2v) is 9.12. The first-order valence-corrected chi connectivity index (χ1v) is 12.7. The summed E-state index contributed by atoms with van der Waals surface area (Å²) in [6.45, 7) is 7.46. The third-order valence-electron chi connectivity index (χ3n) is 7.10. The van der Waals surface area contributed by atoms with Gasteiger partial charge < -0.3 is 20.1 Å². The number of rotatable bonds is 9. The van der Waals surface area contributed by atoms with Crippen LogP contribution < -0.4 is 5.32 Å². The Bertz CT molecular complexity index is 1380. The Morgan fingerprint density at radius 3 is 2.38 bits per heavy atom. The van der Waals surface area contributed by atoms with Crippen molar-refractivity contribution in [3.05, 3.63) is 95.6 Å². The molecule has 0 saturated carbocycles. The van der Waals surface area contributed by atoms with E-state index in [0.29, 0.717) is 12.1 Å². The van der Waals surface area contributed by atoms with Gasteiger partial charge in [-0.3, -0.25) is 9.59 Å². The molecule has 37 heavy (non-hydrogen) atoms. The summed E-state index contributed by atoms with van der Waals surface area (Å²) in [7, 11) is 0. The van der Waals surface area contributed by atoms with Crippen molar-refractivity contribution in [2.75, 3.05) is 32.7 Å². The lowest BCUT2D eigenvalue weighted by atomic mass is 9.93. The lowest BCUT2D eigenvalue weighted by Crippen LogP contribution is -2.42. The molecule has 4 aromatic rings. The first-order chi connectivity index (χ1) is 17.6. The number of hydrogen-bond acceptors (Lipinski definition) is 3. The van der Waals surface area contributed by atoms with E-state index in [1.54, 1.807) is 4.90 Å². The number of aromatic nitrogens is 1. The molecule has 0 spiro atoms. The largest absolute Gasteiger partial charge is 0.354 e. The van der Waals surface area contributed by atoms with Gasteiger partial charge in [0.25, 0.3) is 5.91 Å². The van der Waals surface area contributed by atoms with Crippen LogP contribution in [0.15, 0.2) is 78.9 Å². The number of hydrogen-bond donors (Lipinski definition) is 2. The zero-order valence-electron chi connectivity index (χ0n) is 21.2. The van der Waals surface area contributed by atoms with Gasteiger partial charge in [0.15, 0.2) is 0 Å². The molecule has 1 unspecified atom stereocenters. The number of aromatic amines is 1. The van der Waals surface area contributed by atoms with Gasteiger partial charge in [-0.1, -0.05) is 80.6 Å². The van der Waals surface area contributed by atoms with Crippen LogP contribution in [0.2, 0.25) is 0 Å². The Hall–Kier alpha value is -3.61. The molecule has 1 atom stereocenters. The number of benzene rings is 3. The van der Waals surface area contributed by atoms with Crippen molar-refractivity contribution >= 4 is 35.1 Å². The van der Waals surface area contributed by atoms with Gasteiger partial charge in [-0.2, -0.15) is 0 Å². The molecule has 0 fully saturated rings. The standard InChI is InChI=1S/C30H32N4O2.ClH/c1-3-33(4-2)19-18-31-26(35)20-34-29(22-14-8-9-15-23(22)30(34)36)27-24-16-10-11-17-25(24)32-28(27)21-12-6-5-7-13-21;/h5-17,29,32H,3-4,18-20H2,1-2H3,(H,31,35);1H. The first kappa shape index (κ1) is 26.5. The van der Waals surface area contributed by atoms with E-state index in [1.165, 1.54) is 0 Å². The van der Waals surface area contributed by atoms with E-state index in [9.17, 15) is 9.59 Å². The third kappa shape index (κ3) is 5.13. The van der Waals surface area contributed by atoms with Crippen LogP contribution in [-0.2, 0) is 4.79 Å². The summed E-state index contributed by atoms with van der Waals surface area (Å²) in [4.78, 5) is 34.3. The molecule has 7 heteroatoms. The lowest BCUT2D eigenvalue weighted by Gasteiger charge is -2.26. The van der Waals surface area contributed by atoms with Crippen LogP contribution in [-0.4, -0.2) is 59.3 Å². The molecule has 192 valence electrons. The fourth-order valence-electron chi connectivity index (χ4n) is 5.23. The fourth-order valence-corrected chi connectivity index (χ4v) is 5.23. The van der Waals surface area contributed by atoms with E-state index in [1.807, 2.05) is 54.6 Å². The number of likely N-dealkylation sites (N-methyl/N-ethyl adjacent to an activating group) is 1. The SMILES string of the molecule is CCN(CC)CCNC(=O)CN1C(=O)c2ccccc2C1c1c(-c2ccccc2)[nH]c2ccccc12.Cl. The van der Waals surface area contributed by atoms with Gasteiger partial charge in [0.2, 0.25) is 5.91 Å². The lowest BCUT2D eigenvalue weighted by molar-refractivity contribution is -0.122. The van der Waals surface area contributed by atoms with Crippen molar-refractivity contribution in [1.82, 2.24) is 20.1 Å². The van der Waals surface area contributed by atoms with Gasteiger partial charge in [-0.15, -0.1) is 12.4 Å². The first-order valence-electron chi connectivity index (χ1n) is 12.7. The van der Waals surface area contributed by atoms with Gasteiger partial charge in [-0.05, 0) is 36.3 Å². The predicted molar refractivity (Wildman–Crippen MR) is 151 cm³/mol. The molecular weight excluding hydrogens is 484 g/mol. The highest BCUT2D eigenvalue weighted by molar-refractivity contribution is 6.03. The maximum Gasteiger partial charge on any atom is 0.255 e. The Morgan fingerprint density at radius 2 is 1.62 bits per heavy atom. The number of nitrogens with one attached hydrogen (secondary N) is 2. The summed E-state index contributed by atoms with van der Waals surface area (Å²) in [5.74, 6) is -0.256. The maximum absolute atomic E-state index is 13.6. The summed E-state index contributed by atoms with van der Waals surface area (Å²) in [5.41, 5.74) is 5.63. The van der Waals surface area contributed by atoms with Gasteiger partial charge >= 0.3 is 0 Å². The number of halogens is 1. The van der Waals surface area contributed by atoms with Crippen molar-refractivity contribution in [2.45, 2.75) is 19.9 Å². The van der Waals surface area contributed by atoms with Crippen LogP contribution >= 0.6 is 12.4 Å². The van der Waals surface area contributed by atoms with Crippen molar-refractivity contribution in [1.29, 1.82) is 0 Å². The van der Waals surface area contributed by atoms with Gasteiger partial charge in [0.05, 0.1) is 11.7 Å². The number of carbonyl (C=O) groups excluding carboxylic acids is 2. The molecule has 2 N–H and O–H groups in total. The number of amides is 2. The smallest absolute Gasteiger partial charge is 0.255 e. The van der Waals surface area contributed by atoms with Crippen LogP contribution in [0.4, 0.5) is 0 Å². The maximum atomic E-state index is 13.6. The number of nitrogens with zero attached hydrogens (tertiary/aromatic N) is 2. The number of H-pyrrole nitrogens is 1. The second-order valence-electron chi connectivity index (χ2n) is 9.12. The van der Waals surface area contributed by atoms with E-state index < -0.39 is 0 Å². The van der Waals surface area contributed by atoms with E-state index in [-0.39, 0.29) is 36.8 Å². The monoisotopic (exact) mass is 516 g/mol. The van der Waals surface area contributed by atoms with E-state index in [4.69, 9.17) is 0 Å². The van der Waals surface area contributed by atoms with Crippen LogP contribution in [0, 0.1) is 0 Å². The van der Waals surface area contributed by atoms with E-state index >= 15 is 0 Å². The third-order valence-corrected chi connectivity index (χ3v) is 7.10. The molecule has 2 amide bonds. The molecule has 5 rings (SSSR count). The molecule has 1 aromatic heterocycles. The molecule has 1 aliphatic heterocycles. The summed E-state index contributed by atoms with van der Waals surface area (Å²) in [6, 6.07) is 25.7. The zero-order valence-corrected chi connectivity index (χ0v) is 22.1. The van der Waals surface area contributed by atoms with E-state index in [0.717, 1.165) is 52.9 Å². The second kappa shape index (κ2) is 11.6. The Kier molecular flexibility index (Phi) is 8.31. The van der Waals surface area contributed by atoms with Crippen molar-refractivity contribution in [3.63, 3.8) is 0 Å². The summed E-state index contributed by atoms with van der Waals surface area (Å²) in [5, 5.41) is 4.08. The topological polar surface area (TPSA) is 68.4 Å². The van der Waals surface area contributed by atoms with Gasteiger partial charge in [0.1, 0.15) is 6.54 Å². The minimum Gasteiger partial charge on any atom is -0.354 e. The Labute approximate surface area is 224 Å². The normalized spacial score (nSPS) is 14.6. The van der Waals surface area contributed by atoms with Crippen molar-refractivity contribution < 1.29 is 9.59 Å². The fraction of sp³-hybridized carbons (Fsp3) is 0.267. The quantitative estimate of drug-likeness (QED) is 0.319. The minimum absolute atomic E-state index is 0. The average Bonchev–Trinajstić information content (AvgIpc) is 3.42. The molecule has 0 saturated heterocycles. The molecule has 3 aromatic carbocycles. The van der Waals surface area contributed by atoms with Crippen molar-refractivity contribution in [2.24, 2.45) is 0 Å². The van der Waals surface area contributed by atoms with Gasteiger partial charge in [0, 0.05) is 35.1 Å². The van der Waals surface area contributed by atoms with Gasteiger partial charge in [-0.25, -0.2) is 0 Å². The minimum atomic E-state index is -0.367. The predicted octanol–water partition coefficient (Wildman–Crippen LogP) is 5.26. The van der Waals surface area contributed by atoms with Crippen LogP contribution in [0.3, 0.4) is 0 Å². The summed E-state index contributed by atoms with van der Waals surface area (Å²) >= 11 is 0. The molecule has 2 heterocycles. The highest BCUT2D eigenvalue weighted by Crippen LogP contribution is 2.45. The highest BCUT2D eigenvalue weighted by Gasteiger charge is 2.40. The summed E-state index contributed by atoms with van der Waals surface area (Å²) < 4.78 is 0. The zero-order chi connectivity index (χ0) is 25.1. The molecule has 0 bridgehead atoms. The van der Waals surface area contributed by atoms with Crippen LogP contribution in [0.25, 0.3) is 22.2 Å². The molecule has 6 nitrogen and oxygen atoms in total. The number of para-hydroxylation sites is 1. The highest BCUT2D eigenvalue weighted by atomic mass is 35.5. The number of fused-ring (bicyclic) bond motifs is 2. The molecule has 1 aliphatic rings. The average molecular weight is 517 g/mol. The van der Waals surface area contributed by atoms with E-state index in [2.05, 4.69) is 53.3 Å². The molecular formula is C30H33ClN4O2. The molecule has 0 radical (unpaired) electrons. The molecule has 0 aliphatic carbocycles.